The standard InChI is InChI=1S/C20H26O9/c1-3-10-26-27-13-12-25-18(21)7-5-4-6-11-28-29-20(24)17-14-15(2)8-9-16(17)19(22)23/h3,8-9,14H,1,4-7,10-13H2,2H3,(H,22,23). The fourth-order valence-corrected chi connectivity index (χ4v) is 2.18. The Hall–Kier alpha value is -2.75. The van der Waals surface area contributed by atoms with E-state index < -0.39 is 11.9 Å². The topological polar surface area (TPSA) is 118 Å². The molecule has 1 N–H and O–H groups in total. The van der Waals surface area contributed by atoms with Gasteiger partial charge in [0.25, 0.3) is 0 Å². The van der Waals surface area contributed by atoms with E-state index in [0.29, 0.717) is 19.3 Å². The number of carbonyl (C=O) groups excluding carboxylic acids is 2. The Kier molecular flexibility index (Phi) is 12.0. The zero-order valence-electron chi connectivity index (χ0n) is 16.4. The second kappa shape index (κ2) is 14.3. The minimum Gasteiger partial charge on any atom is -0.478 e. The number of ether oxygens (including phenoxy) is 1. The lowest BCUT2D eigenvalue weighted by molar-refractivity contribution is -0.290. The van der Waals surface area contributed by atoms with Crippen LogP contribution in [-0.4, -0.2) is 49.4 Å². The first kappa shape index (κ1) is 24.3. The van der Waals surface area contributed by atoms with Gasteiger partial charge in [0.15, 0.2) is 0 Å². The van der Waals surface area contributed by atoms with Crippen LogP contribution in [0.1, 0.15) is 52.0 Å². The van der Waals surface area contributed by atoms with E-state index in [1.165, 1.54) is 18.2 Å². The lowest BCUT2D eigenvalue weighted by Crippen LogP contribution is -2.13. The van der Waals surface area contributed by atoms with E-state index in [0.717, 1.165) is 5.56 Å². The molecule has 0 atom stereocenters. The number of unbranched alkanes of at least 4 members (excludes halogenated alkanes) is 2. The monoisotopic (exact) mass is 410 g/mol. The summed E-state index contributed by atoms with van der Waals surface area (Å²) in [5, 5.41) is 9.12. The summed E-state index contributed by atoms with van der Waals surface area (Å²) in [6.45, 7) is 5.83. The number of carboxylic acids is 1. The molecule has 0 aliphatic carbocycles. The predicted molar refractivity (Wildman–Crippen MR) is 101 cm³/mol. The molecule has 29 heavy (non-hydrogen) atoms. The van der Waals surface area contributed by atoms with Crippen LogP contribution in [0, 0.1) is 6.92 Å². The van der Waals surface area contributed by atoms with Crippen molar-refractivity contribution in [3.8, 4) is 0 Å². The lowest BCUT2D eigenvalue weighted by Gasteiger charge is -2.07. The number of carbonyl (C=O) groups is 3. The van der Waals surface area contributed by atoms with Crippen LogP contribution in [0.25, 0.3) is 0 Å². The summed E-state index contributed by atoms with van der Waals surface area (Å²) in [5.41, 5.74) is 0.504. The molecule has 0 radical (unpaired) electrons. The number of carboxylic acid groups (broad SMARTS) is 1. The van der Waals surface area contributed by atoms with Crippen molar-refractivity contribution in [3.63, 3.8) is 0 Å². The van der Waals surface area contributed by atoms with Crippen LogP contribution in [0.2, 0.25) is 0 Å². The van der Waals surface area contributed by atoms with Gasteiger partial charge in [0, 0.05) is 6.42 Å². The second-order valence-electron chi connectivity index (χ2n) is 5.97. The van der Waals surface area contributed by atoms with Gasteiger partial charge < -0.3 is 9.84 Å². The normalized spacial score (nSPS) is 10.4. The molecule has 1 aromatic rings. The van der Waals surface area contributed by atoms with E-state index in [1.54, 1.807) is 13.0 Å². The Morgan fingerprint density at radius 1 is 1.00 bits per heavy atom. The van der Waals surface area contributed by atoms with Gasteiger partial charge in [-0.1, -0.05) is 24.1 Å². The molecular formula is C20H26O9. The molecule has 160 valence electrons. The molecule has 0 saturated heterocycles. The van der Waals surface area contributed by atoms with Crippen LogP contribution in [0.15, 0.2) is 30.9 Å². The van der Waals surface area contributed by atoms with E-state index >= 15 is 0 Å². The van der Waals surface area contributed by atoms with Crippen LogP contribution in [-0.2, 0) is 29.1 Å². The largest absolute Gasteiger partial charge is 0.478 e. The maximum atomic E-state index is 12.0. The molecule has 0 unspecified atom stereocenters. The van der Waals surface area contributed by atoms with Crippen LogP contribution in [0.5, 0.6) is 0 Å². The van der Waals surface area contributed by atoms with Gasteiger partial charge in [0.2, 0.25) is 0 Å². The lowest BCUT2D eigenvalue weighted by atomic mass is 10.0. The van der Waals surface area contributed by atoms with Crippen molar-refractivity contribution in [2.45, 2.75) is 32.6 Å². The highest BCUT2D eigenvalue weighted by Gasteiger charge is 2.18. The Bertz CT molecular complexity index is 685. The highest BCUT2D eigenvalue weighted by molar-refractivity contribution is 6.02. The molecular weight excluding hydrogens is 384 g/mol. The fourth-order valence-electron chi connectivity index (χ4n) is 2.18. The minimum atomic E-state index is -1.22. The zero-order valence-corrected chi connectivity index (χ0v) is 16.4. The van der Waals surface area contributed by atoms with Crippen molar-refractivity contribution < 1.29 is 43.8 Å². The number of aromatic carboxylic acids is 1. The second-order valence-corrected chi connectivity index (χ2v) is 5.97. The summed E-state index contributed by atoms with van der Waals surface area (Å²) in [4.78, 5) is 53.6. The van der Waals surface area contributed by atoms with Crippen molar-refractivity contribution in [2.75, 3.05) is 26.4 Å². The highest BCUT2D eigenvalue weighted by Crippen LogP contribution is 2.14. The number of benzene rings is 1. The van der Waals surface area contributed by atoms with E-state index in [4.69, 9.17) is 19.6 Å². The summed E-state index contributed by atoms with van der Waals surface area (Å²) >= 11 is 0. The summed E-state index contributed by atoms with van der Waals surface area (Å²) in [7, 11) is 0. The van der Waals surface area contributed by atoms with Gasteiger partial charge in [-0.15, -0.1) is 6.58 Å². The Balaban J connectivity index is 2.12. The maximum absolute atomic E-state index is 12.0. The number of hydrogen-bond acceptors (Lipinski definition) is 8. The van der Waals surface area contributed by atoms with Crippen LogP contribution in [0.4, 0.5) is 0 Å². The van der Waals surface area contributed by atoms with Gasteiger partial charge in [-0.25, -0.2) is 19.4 Å². The van der Waals surface area contributed by atoms with Gasteiger partial charge in [-0.05, 0) is 31.9 Å². The molecule has 0 aliphatic rings. The van der Waals surface area contributed by atoms with Crippen molar-refractivity contribution in [2.24, 2.45) is 0 Å². The van der Waals surface area contributed by atoms with Crippen molar-refractivity contribution in [1.29, 1.82) is 0 Å². The Morgan fingerprint density at radius 2 is 1.79 bits per heavy atom. The molecule has 0 amide bonds. The summed E-state index contributed by atoms with van der Waals surface area (Å²) in [5.74, 6) is -2.43. The van der Waals surface area contributed by atoms with Crippen molar-refractivity contribution in [1.82, 2.24) is 0 Å². The van der Waals surface area contributed by atoms with Gasteiger partial charge in [-0.3, -0.25) is 9.68 Å². The number of aryl methyl sites for hydroxylation is 1. The van der Waals surface area contributed by atoms with E-state index in [9.17, 15) is 14.4 Å². The van der Waals surface area contributed by atoms with Crippen LogP contribution in [0.3, 0.4) is 0 Å². The first-order chi connectivity index (χ1) is 14.0. The molecule has 0 fully saturated rings. The summed E-state index contributed by atoms with van der Waals surface area (Å²) < 4.78 is 4.95. The molecule has 0 heterocycles. The number of rotatable bonds is 15. The number of esters is 1. The molecule has 0 saturated carbocycles. The predicted octanol–water partition coefficient (Wildman–Crippen LogP) is 3.02. The van der Waals surface area contributed by atoms with Crippen LogP contribution >= 0.6 is 0 Å². The first-order valence-corrected chi connectivity index (χ1v) is 9.14. The van der Waals surface area contributed by atoms with Gasteiger partial charge in [0.1, 0.15) is 19.8 Å². The summed E-state index contributed by atoms with van der Waals surface area (Å²) in [6, 6.07) is 4.36. The molecule has 0 bridgehead atoms. The molecule has 1 rings (SSSR count). The number of hydrogen-bond donors (Lipinski definition) is 1. The van der Waals surface area contributed by atoms with Gasteiger partial charge in [-0.2, -0.15) is 4.89 Å². The first-order valence-electron chi connectivity index (χ1n) is 9.14. The van der Waals surface area contributed by atoms with Gasteiger partial charge >= 0.3 is 17.9 Å². The third-order valence-electron chi connectivity index (χ3n) is 3.57. The smallest absolute Gasteiger partial charge is 0.373 e. The SMILES string of the molecule is C=CCOOCCOC(=O)CCCCCOOC(=O)c1cc(C)ccc1C(=O)O. The molecule has 1 aromatic carbocycles. The van der Waals surface area contributed by atoms with Crippen LogP contribution < -0.4 is 0 Å². The third-order valence-corrected chi connectivity index (χ3v) is 3.57. The van der Waals surface area contributed by atoms with E-state index in [-0.39, 0.29) is 49.9 Å². The zero-order chi connectivity index (χ0) is 21.5. The van der Waals surface area contributed by atoms with Crippen molar-refractivity contribution >= 4 is 17.9 Å². The molecule has 0 spiro atoms. The molecule has 9 heteroatoms. The van der Waals surface area contributed by atoms with E-state index in [1.807, 2.05) is 0 Å². The fraction of sp³-hybridized carbons (Fsp3) is 0.450. The third kappa shape index (κ3) is 10.4. The minimum absolute atomic E-state index is 0.0703. The molecule has 0 aromatic heterocycles. The quantitative estimate of drug-likeness (QED) is 0.153. The molecule has 9 nitrogen and oxygen atoms in total. The van der Waals surface area contributed by atoms with Crippen molar-refractivity contribution in [3.05, 3.63) is 47.5 Å². The Morgan fingerprint density at radius 3 is 2.52 bits per heavy atom. The average molecular weight is 410 g/mol. The highest BCUT2D eigenvalue weighted by atomic mass is 17.2. The van der Waals surface area contributed by atoms with Gasteiger partial charge in [0.05, 0.1) is 17.7 Å². The summed E-state index contributed by atoms with van der Waals surface area (Å²) in [6.07, 6.45) is 3.59. The molecule has 0 aliphatic heterocycles. The average Bonchev–Trinajstić information content (AvgIpc) is 2.69. The van der Waals surface area contributed by atoms with E-state index in [2.05, 4.69) is 16.4 Å². The Labute approximate surface area is 169 Å². The maximum Gasteiger partial charge on any atom is 0.373 e.